The standard InChI is InChI=1S/C18H26N2O/c1-4-11-19-13-16-10-12-21-18(16)14-20(3)17-8-6-15(5-2)7-9-17/h6-10,12,19H,4-5,11,13-14H2,1-3H3. The van der Waals surface area contributed by atoms with E-state index in [9.17, 15) is 0 Å². The van der Waals surface area contributed by atoms with Gasteiger partial charge in [-0.05, 0) is 43.1 Å². The maximum absolute atomic E-state index is 5.65. The molecule has 0 saturated carbocycles. The van der Waals surface area contributed by atoms with Gasteiger partial charge in [0.15, 0.2) is 0 Å². The van der Waals surface area contributed by atoms with Crippen molar-refractivity contribution in [2.45, 2.75) is 39.8 Å². The molecule has 1 N–H and O–H groups in total. The summed E-state index contributed by atoms with van der Waals surface area (Å²) < 4.78 is 5.65. The molecule has 0 atom stereocenters. The van der Waals surface area contributed by atoms with Crippen LogP contribution in [0.4, 0.5) is 5.69 Å². The summed E-state index contributed by atoms with van der Waals surface area (Å²) in [5.74, 6) is 1.04. The Morgan fingerprint density at radius 1 is 1.10 bits per heavy atom. The Balaban J connectivity index is 1.98. The fourth-order valence-corrected chi connectivity index (χ4v) is 2.36. The highest BCUT2D eigenvalue weighted by atomic mass is 16.3. The van der Waals surface area contributed by atoms with Crippen LogP contribution in [0.25, 0.3) is 0 Å². The SMILES string of the molecule is CCCNCc1ccoc1CN(C)c1ccc(CC)cc1. The van der Waals surface area contributed by atoms with E-state index in [1.807, 2.05) is 0 Å². The Morgan fingerprint density at radius 3 is 2.52 bits per heavy atom. The first-order valence-corrected chi connectivity index (χ1v) is 7.80. The number of anilines is 1. The topological polar surface area (TPSA) is 28.4 Å². The summed E-state index contributed by atoms with van der Waals surface area (Å²) in [7, 11) is 2.10. The van der Waals surface area contributed by atoms with Crippen molar-refractivity contribution >= 4 is 5.69 Å². The highest BCUT2D eigenvalue weighted by Crippen LogP contribution is 2.19. The third kappa shape index (κ3) is 4.36. The van der Waals surface area contributed by atoms with Crippen molar-refractivity contribution < 1.29 is 4.42 Å². The van der Waals surface area contributed by atoms with Crippen molar-refractivity contribution in [3.05, 3.63) is 53.5 Å². The molecular formula is C18H26N2O. The molecule has 0 aliphatic carbocycles. The van der Waals surface area contributed by atoms with E-state index < -0.39 is 0 Å². The lowest BCUT2D eigenvalue weighted by Crippen LogP contribution is -2.19. The number of hydrogen-bond donors (Lipinski definition) is 1. The van der Waals surface area contributed by atoms with E-state index >= 15 is 0 Å². The van der Waals surface area contributed by atoms with Crippen molar-refractivity contribution in [3.63, 3.8) is 0 Å². The number of hydrogen-bond acceptors (Lipinski definition) is 3. The molecule has 0 fully saturated rings. The second kappa shape index (κ2) is 7.89. The van der Waals surface area contributed by atoms with E-state index in [1.165, 1.54) is 16.8 Å². The smallest absolute Gasteiger partial charge is 0.127 e. The molecule has 2 aromatic rings. The lowest BCUT2D eigenvalue weighted by molar-refractivity contribution is 0.499. The minimum Gasteiger partial charge on any atom is -0.467 e. The second-order valence-corrected chi connectivity index (χ2v) is 5.42. The maximum Gasteiger partial charge on any atom is 0.127 e. The molecule has 3 nitrogen and oxygen atoms in total. The van der Waals surface area contributed by atoms with Crippen LogP contribution in [-0.2, 0) is 19.5 Å². The quantitative estimate of drug-likeness (QED) is 0.744. The average Bonchev–Trinajstić information content (AvgIpc) is 2.95. The van der Waals surface area contributed by atoms with Crippen LogP contribution >= 0.6 is 0 Å². The van der Waals surface area contributed by atoms with Crippen LogP contribution in [0.1, 0.15) is 37.2 Å². The van der Waals surface area contributed by atoms with E-state index in [0.717, 1.165) is 38.2 Å². The highest BCUT2D eigenvalue weighted by Gasteiger charge is 2.09. The average molecular weight is 286 g/mol. The van der Waals surface area contributed by atoms with Gasteiger partial charge < -0.3 is 14.6 Å². The van der Waals surface area contributed by atoms with Crippen LogP contribution in [0.15, 0.2) is 41.0 Å². The van der Waals surface area contributed by atoms with Crippen molar-refractivity contribution in [3.8, 4) is 0 Å². The summed E-state index contributed by atoms with van der Waals surface area (Å²) in [6, 6.07) is 10.8. The summed E-state index contributed by atoms with van der Waals surface area (Å²) in [6.07, 6.45) is 4.01. The zero-order valence-corrected chi connectivity index (χ0v) is 13.4. The van der Waals surface area contributed by atoms with Crippen LogP contribution in [0.5, 0.6) is 0 Å². The summed E-state index contributed by atoms with van der Waals surface area (Å²) in [6.45, 7) is 7.07. The van der Waals surface area contributed by atoms with Gasteiger partial charge in [-0.2, -0.15) is 0 Å². The van der Waals surface area contributed by atoms with E-state index in [0.29, 0.717) is 0 Å². The molecule has 21 heavy (non-hydrogen) atoms. The van der Waals surface area contributed by atoms with Gasteiger partial charge in [-0.25, -0.2) is 0 Å². The number of nitrogens with one attached hydrogen (secondary N) is 1. The van der Waals surface area contributed by atoms with Gasteiger partial charge in [-0.15, -0.1) is 0 Å². The molecule has 0 amide bonds. The van der Waals surface area contributed by atoms with Crippen LogP contribution in [0.2, 0.25) is 0 Å². The number of nitrogens with zero attached hydrogens (tertiary/aromatic N) is 1. The molecule has 1 heterocycles. The van der Waals surface area contributed by atoms with Gasteiger partial charge >= 0.3 is 0 Å². The minimum absolute atomic E-state index is 0.793. The first-order valence-electron chi connectivity index (χ1n) is 7.80. The first kappa shape index (κ1) is 15.6. The van der Waals surface area contributed by atoms with Crippen molar-refractivity contribution in [1.82, 2.24) is 5.32 Å². The third-order valence-corrected chi connectivity index (χ3v) is 3.75. The zero-order chi connectivity index (χ0) is 15.1. The van der Waals surface area contributed by atoms with Crippen molar-refractivity contribution in [2.75, 3.05) is 18.5 Å². The molecule has 3 heteroatoms. The molecule has 1 aromatic carbocycles. The van der Waals surface area contributed by atoms with Gasteiger partial charge in [0.25, 0.3) is 0 Å². The Labute approximate surface area is 128 Å². The summed E-state index contributed by atoms with van der Waals surface area (Å²) in [5, 5.41) is 3.43. The maximum atomic E-state index is 5.65. The second-order valence-electron chi connectivity index (χ2n) is 5.42. The monoisotopic (exact) mass is 286 g/mol. The first-order chi connectivity index (χ1) is 10.2. The molecule has 0 saturated heterocycles. The van der Waals surface area contributed by atoms with Crippen molar-refractivity contribution in [2.24, 2.45) is 0 Å². The van der Waals surface area contributed by atoms with Crippen LogP contribution < -0.4 is 10.2 Å². The highest BCUT2D eigenvalue weighted by molar-refractivity contribution is 5.47. The molecule has 2 rings (SSSR count). The van der Waals surface area contributed by atoms with Crippen LogP contribution in [0, 0.1) is 0 Å². The minimum atomic E-state index is 0.793. The predicted molar refractivity (Wildman–Crippen MR) is 88.6 cm³/mol. The summed E-state index contributed by atoms with van der Waals surface area (Å²) in [5.41, 5.74) is 3.84. The number of aryl methyl sites for hydroxylation is 1. The fourth-order valence-electron chi connectivity index (χ4n) is 2.36. The van der Waals surface area contributed by atoms with Gasteiger partial charge in [0, 0.05) is 24.8 Å². The van der Waals surface area contributed by atoms with E-state index in [4.69, 9.17) is 4.42 Å². The normalized spacial score (nSPS) is 10.8. The molecule has 0 aliphatic rings. The molecule has 1 aromatic heterocycles. The van der Waals surface area contributed by atoms with E-state index in [1.54, 1.807) is 6.26 Å². The van der Waals surface area contributed by atoms with Gasteiger partial charge in [-0.3, -0.25) is 0 Å². The predicted octanol–water partition coefficient (Wildman–Crippen LogP) is 3.98. The van der Waals surface area contributed by atoms with Gasteiger partial charge in [0.05, 0.1) is 12.8 Å². The summed E-state index contributed by atoms with van der Waals surface area (Å²) in [4.78, 5) is 2.22. The third-order valence-electron chi connectivity index (χ3n) is 3.75. The van der Waals surface area contributed by atoms with Crippen molar-refractivity contribution in [1.29, 1.82) is 0 Å². The van der Waals surface area contributed by atoms with Crippen LogP contribution in [-0.4, -0.2) is 13.6 Å². The molecule has 0 aliphatic heterocycles. The lowest BCUT2D eigenvalue weighted by Gasteiger charge is -2.19. The van der Waals surface area contributed by atoms with Gasteiger partial charge in [0.2, 0.25) is 0 Å². The molecule has 0 unspecified atom stereocenters. The van der Waals surface area contributed by atoms with E-state index in [-0.39, 0.29) is 0 Å². The molecule has 0 spiro atoms. The molecule has 114 valence electrons. The Morgan fingerprint density at radius 2 is 1.86 bits per heavy atom. The van der Waals surface area contributed by atoms with Crippen LogP contribution in [0.3, 0.4) is 0 Å². The Bertz CT molecular complexity index is 530. The number of furan rings is 1. The van der Waals surface area contributed by atoms with Gasteiger partial charge in [-0.1, -0.05) is 26.0 Å². The molecule has 0 bridgehead atoms. The Hall–Kier alpha value is -1.74. The summed E-state index contributed by atoms with van der Waals surface area (Å²) >= 11 is 0. The largest absolute Gasteiger partial charge is 0.467 e. The Kier molecular flexibility index (Phi) is 5.88. The number of rotatable bonds is 8. The molecular weight excluding hydrogens is 260 g/mol. The van der Waals surface area contributed by atoms with Gasteiger partial charge in [0.1, 0.15) is 5.76 Å². The van der Waals surface area contributed by atoms with E-state index in [2.05, 4.69) is 61.4 Å². The zero-order valence-electron chi connectivity index (χ0n) is 13.4. The number of benzene rings is 1. The fraction of sp³-hybridized carbons (Fsp3) is 0.444. The molecule has 0 radical (unpaired) electrons. The lowest BCUT2D eigenvalue weighted by atomic mass is 10.1.